The smallest absolute Gasteiger partial charge is 0.253 e. The van der Waals surface area contributed by atoms with Gasteiger partial charge in [0.05, 0.1) is 12.0 Å². The molecule has 2 aromatic carbocycles. The van der Waals surface area contributed by atoms with Crippen LogP contribution in [0.25, 0.3) is 11.3 Å². The van der Waals surface area contributed by atoms with E-state index in [0.717, 1.165) is 11.6 Å². The molecule has 5 nitrogen and oxygen atoms in total. The molecule has 1 aromatic heterocycles. The van der Waals surface area contributed by atoms with E-state index in [1.54, 1.807) is 0 Å². The van der Waals surface area contributed by atoms with Gasteiger partial charge in [-0.25, -0.2) is 9.37 Å². The summed E-state index contributed by atoms with van der Waals surface area (Å²) in [5.41, 5.74) is 1.51. The molecule has 1 amide bonds. The highest BCUT2D eigenvalue weighted by Crippen LogP contribution is 2.13. The average molecular weight is 337 g/mol. The number of carbonyl (C=O) groups excluding carboxylic acids is 1. The van der Waals surface area contributed by atoms with Gasteiger partial charge in [0.15, 0.2) is 0 Å². The van der Waals surface area contributed by atoms with Crippen molar-refractivity contribution in [3.8, 4) is 11.3 Å². The zero-order chi connectivity index (χ0) is 17.6. The molecule has 0 atom stereocenters. The van der Waals surface area contributed by atoms with Crippen LogP contribution in [-0.4, -0.2) is 22.0 Å². The third-order valence-electron chi connectivity index (χ3n) is 3.67. The fraction of sp³-hybridized carbons (Fsp3) is 0.105. The third kappa shape index (κ3) is 4.17. The SMILES string of the molecule is O=C(NCCn1cnc(-c2ccccc2)cc1=O)c1cccc(F)c1. The molecule has 1 N–H and O–H groups in total. The normalized spacial score (nSPS) is 10.4. The molecule has 0 aliphatic carbocycles. The topological polar surface area (TPSA) is 64.0 Å². The number of amides is 1. The highest BCUT2D eigenvalue weighted by Gasteiger charge is 2.07. The van der Waals surface area contributed by atoms with Gasteiger partial charge in [-0.15, -0.1) is 0 Å². The third-order valence-corrected chi connectivity index (χ3v) is 3.67. The van der Waals surface area contributed by atoms with E-state index in [9.17, 15) is 14.0 Å². The van der Waals surface area contributed by atoms with Crippen LogP contribution in [0.4, 0.5) is 4.39 Å². The lowest BCUT2D eigenvalue weighted by Crippen LogP contribution is -2.30. The van der Waals surface area contributed by atoms with Crippen LogP contribution in [0.3, 0.4) is 0 Å². The van der Waals surface area contributed by atoms with E-state index >= 15 is 0 Å². The van der Waals surface area contributed by atoms with Crippen molar-refractivity contribution in [1.29, 1.82) is 0 Å². The Morgan fingerprint density at radius 1 is 1.08 bits per heavy atom. The minimum absolute atomic E-state index is 0.200. The number of benzene rings is 2. The lowest BCUT2D eigenvalue weighted by atomic mass is 10.1. The second kappa shape index (κ2) is 7.53. The first-order valence-electron chi connectivity index (χ1n) is 7.79. The molecular formula is C19H16FN3O2. The number of halogens is 1. The van der Waals surface area contributed by atoms with Crippen molar-refractivity contribution in [3.05, 3.63) is 88.7 Å². The highest BCUT2D eigenvalue weighted by molar-refractivity contribution is 5.94. The Labute approximate surface area is 143 Å². The fourth-order valence-electron chi connectivity index (χ4n) is 2.38. The molecule has 3 aromatic rings. The maximum absolute atomic E-state index is 13.1. The second-order valence-corrected chi connectivity index (χ2v) is 5.44. The van der Waals surface area contributed by atoms with E-state index in [4.69, 9.17) is 0 Å². The molecular weight excluding hydrogens is 321 g/mol. The molecule has 126 valence electrons. The summed E-state index contributed by atoms with van der Waals surface area (Å²) in [7, 11) is 0. The quantitative estimate of drug-likeness (QED) is 0.778. The first-order chi connectivity index (χ1) is 12.1. The van der Waals surface area contributed by atoms with Crippen LogP contribution in [0.1, 0.15) is 10.4 Å². The van der Waals surface area contributed by atoms with E-state index in [1.807, 2.05) is 30.3 Å². The van der Waals surface area contributed by atoms with E-state index in [2.05, 4.69) is 10.3 Å². The van der Waals surface area contributed by atoms with Gasteiger partial charge in [-0.1, -0.05) is 36.4 Å². The fourth-order valence-corrected chi connectivity index (χ4v) is 2.38. The van der Waals surface area contributed by atoms with Gasteiger partial charge in [-0.2, -0.15) is 0 Å². The first kappa shape index (κ1) is 16.6. The number of nitrogens with one attached hydrogen (secondary N) is 1. The largest absolute Gasteiger partial charge is 0.350 e. The van der Waals surface area contributed by atoms with Gasteiger partial charge in [-0.05, 0) is 18.2 Å². The van der Waals surface area contributed by atoms with E-state index < -0.39 is 5.82 Å². The van der Waals surface area contributed by atoms with Gasteiger partial charge in [0.2, 0.25) is 0 Å². The minimum atomic E-state index is -0.468. The molecule has 0 radical (unpaired) electrons. The molecule has 0 saturated carbocycles. The summed E-state index contributed by atoms with van der Waals surface area (Å²) < 4.78 is 14.5. The van der Waals surface area contributed by atoms with Crippen LogP contribution < -0.4 is 10.9 Å². The predicted octanol–water partition coefficient (Wildman–Crippen LogP) is 2.48. The number of aromatic nitrogens is 2. The minimum Gasteiger partial charge on any atom is -0.350 e. The van der Waals surface area contributed by atoms with Crippen molar-refractivity contribution in [3.63, 3.8) is 0 Å². The van der Waals surface area contributed by atoms with Crippen molar-refractivity contribution in [2.24, 2.45) is 0 Å². The Morgan fingerprint density at radius 2 is 1.88 bits per heavy atom. The van der Waals surface area contributed by atoms with Gasteiger partial charge < -0.3 is 5.32 Å². The summed E-state index contributed by atoms with van der Waals surface area (Å²) in [4.78, 5) is 28.4. The van der Waals surface area contributed by atoms with E-state index in [0.29, 0.717) is 5.69 Å². The maximum atomic E-state index is 13.1. The molecule has 3 rings (SSSR count). The van der Waals surface area contributed by atoms with Crippen molar-refractivity contribution in [1.82, 2.24) is 14.9 Å². The van der Waals surface area contributed by atoms with Crippen LogP contribution >= 0.6 is 0 Å². The summed E-state index contributed by atoms with van der Waals surface area (Å²) in [6, 6.07) is 16.3. The molecule has 1 heterocycles. The zero-order valence-corrected chi connectivity index (χ0v) is 13.4. The summed E-state index contributed by atoms with van der Waals surface area (Å²) in [6.45, 7) is 0.517. The summed E-state index contributed by atoms with van der Waals surface area (Å²) in [5, 5.41) is 2.66. The van der Waals surface area contributed by atoms with Crippen LogP contribution in [0.2, 0.25) is 0 Å². The summed E-state index contributed by atoms with van der Waals surface area (Å²) in [5.74, 6) is -0.856. The summed E-state index contributed by atoms with van der Waals surface area (Å²) >= 11 is 0. The first-order valence-corrected chi connectivity index (χ1v) is 7.79. The van der Waals surface area contributed by atoms with Crippen LogP contribution in [0.5, 0.6) is 0 Å². The van der Waals surface area contributed by atoms with Crippen LogP contribution in [0, 0.1) is 5.82 Å². The van der Waals surface area contributed by atoms with Crippen LogP contribution in [0.15, 0.2) is 71.8 Å². The Kier molecular flexibility index (Phi) is 4.99. The number of rotatable bonds is 5. The molecule has 0 aliphatic heterocycles. The molecule has 6 heteroatoms. The Balaban J connectivity index is 1.62. The second-order valence-electron chi connectivity index (χ2n) is 5.44. The van der Waals surface area contributed by atoms with Crippen molar-refractivity contribution >= 4 is 5.91 Å². The lowest BCUT2D eigenvalue weighted by molar-refractivity contribution is 0.0951. The highest BCUT2D eigenvalue weighted by atomic mass is 19.1. The van der Waals surface area contributed by atoms with Gasteiger partial charge in [0.1, 0.15) is 5.82 Å². The standard InChI is InChI=1S/C19H16FN3O2/c20-16-8-4-7-15(11-16)19(25)21-9-10-23-13-22-17(12-18(23)24)14-5-2-1-3-6-14/h1-8,11-13H,9-10H2,(H,21,25). The molecule has 25 heavy (non-hydrogen) atoms. The van der Waals surface area contributed by atoms with Gasteiger partial charge in [0.25, 0.3) is 11.5 Å². The molecule has 0 unspecified atom stereocenters. The van der Waals surface area contributed by atoms with Gasteiger partial charge in [0, 0.05) is 30.3 Å². The molecule has 0 bridgehead atoms. The van der Waals surface area contributed by atoms with E-state index in [1.165, 1.54) is 35.2 Å². The molecule has 0 spiro atoms. The molecule has 0 fully saturated rings. The van der Waals surface area contributed by atoms with Crippen molar-refractivity contribution in [2.75, 3.05) is 6.54 Å². The number of nitrogens with zero attached hydrogens (tertiary/aromatic N) is 2. The predicted molar refractivity (Wildman–Crippen MR) is 92.7 cm³/mol. The number of hydrogen-bond acceptors (Lipinski definition) is 3. The van der Waals surface area contributed by atoms with Crippen molar-refractivity contribution in [2.45, 2.75) is 6.54 Å². The maximum Gasteiger partial charge on any atom is 0.253 e. The monoisotopic (exact) mass is 337 g/mol. The van der Waals surface area contributed by atoms with Crippen LogP contribution in [-0.2, 0) is 6.54 Å². The van der Waals surface area contributed by atoms with Gasteiger partial charge >= 0.3 is 0 Å². The number of hydrogen-bond donors (Lipinski definition) is 1. The molecule has 0 saturated heterocycles. The van der Waals surface area contributed by atoms with Gasteiger partial charge in [-0.3, -0.25) is 14.2 Å². The summed E-state index contributed by atoms with van der Waals surface area (Å²) in [6.07, 6.45) is 1.46. The Bertz CT molecular complexity index is 939. The zero-order valence-electron chi connectivity index (χ0n) is 13.4. The van der Waals surface area contributed by atoms with E-state index in [-0.39, 0.29) is 30.1 Å². The average Bonchev–Trinajstić information content (AvgIpc) is 2.63. The van der Waals surface area contributed by atoms with Crippen molar-refractivity contribution < 1.29 is 9.18 Å². The molecule has 0 aliphatic rings. The Morgan fingerprint density at radius 3 is 2.60 bits per heavy atom. The Hall–Kier alpha value is -3.28. The lowest BCUT2D eigenvalue weighted by Gasteiger charge is -2.08. The number of carbonyl (C=O) groups is 1.